The Morgan fingerprint density at radius 1 is 1.22 bits per heavy atom. The van der Waals surface area contributed by atoms with Gasteiger partial charge in [0.05, 0.1) is 17.1 Å². The molecular formula is C13H25NO4. The summed E-state index contributed by atoms with van der Waals surface area (Å²) >= 11 is 0. The highest BCUT2D eigenvalue weighted by Crippen LogP contribution is 2.31. The zero-order valence-electron chi connectivity index (χ0n) is 11.9. The summed E-state index contributed by atoms with van der Waals surface area (Å²) in [6.45, 7) is 8.53. The van der Waals surface area contributed by atoms with Crippen LogP contribution >= 0.6 is 0 Å². The summed E-state index contributed by atoms with van der Waals surface area (Å²) in [6.07, 6.45) is 0.0396. The van der Waals surface area contributed by atoms with Crippen LogP contribution in [0.5, 0.6) is 0 Å². The number of rotatable bonds is 7. The highest BCUT2D eigenvalue weighted by molar-refractivity contribution is 5.85. The number of carbonyl (C=O) groups is 2. The van der Waals surface area contributed by atoms with Crippen molar-refractivity contribution in [2.24, 2.45) is 5.41 Å². The molecule has 106 valence electrons. The fraction of sp³-hybridized carbons (Fsp3) is 0.846. The first-order chi connectivity index (χ1) is 8.11. The monoisotopic (exact) mass is 259 g/mol. The van der Waals surface area contributed by atoms with Gasteiger partial charge in [0.1, 0.15) is 0 Å². The van der Waals surface area contributed by atoms with Crippen molar-refractivity contribution in [2.75, 3.05) is 0 Å². The molecule has 1 unspecified atom stereocenters. The van der Waals surface area contributed by atoms with Crippen molar-refractivity contribution in [1.82, 2.24) is 5.32 Å². The van der Waals surface area contributed by atoms with E-state index in [-0.39, 0.29) is 12.3 Å². The van der Waals surface area contributed by atoms with Crippen molar-refractivity contribution >= 4 is 11.9 Å². The molecule has 0 heterocycles. The maximum atomic E-state index is 11.9. The van der Waals surface area contributed by atoms with Crippen molar-refractivity contribution in [2.45, 2.75) is 65.5 Å². The lowest BCUT2D eigenvalue weighted by molar-refractivity contribution is -0.152. The van der Waals surface area contributed by atoms with E-state index in [0.717, 1.165) is 0 Å². The van der Waals surface area contributed by atoms with Crippen LogP contribution in [0.3, 0.4) is 0 Å². The van der Waals surface area contributed by atoms with Gasteiger partial charge in [0.25, 0.3) is 0 Å². The van der Waals surface area contributed by atoms with Gasteiger partial charge in [-0.05, 0) is 33.6 Å². The third-order valence-electron chi connectivity index (χ3n) is 3.81. The molecule has 0 aliphatic carbocycles. The SMILES string of the molecule is CCC(CC)(CC(=O)NC(C)(C)C(C)O)C(=O)O. The molecule has 1 atom stereocenters. The van der Waals surface area contributed by atoms with Crippen LogP contribution in [0.4, 0.5) is 0 Å². The number of nitrogens with one attached hydrogen (secondary N) is 1. The second kappa shape index (κ2) is 6.18. The summed E-state index contributed by atoms with van der Waals surface area (Å²) in [6, 6.07) is 0. The molecule has 0 saturated carbocycles. The second-order valence-electron chi connectivity index (χ2n) is 5.42. The van der Waals surface area contributed by atoms with E-state index in [9.17, 15) is 19.8 Å². The van der Waals surface area contributed by atoms with E-state index in [4.69, 9.17) is 0 Å². The number of aliphatic carboxylic acids is 1. The Bertz CT molecular complexity index is 306. The van der Waals surface area contributed by atoms with Gasteiger partial charge in [0, 0.05) is 6.42 Å². The van der Waals surface area contributed by atoms with Gasteiger partial charge in [-0.3, -0.25) is 9.59 Å². The summed E-state index contributed by atoms with van der Waals surface area (Å²) in [5, 5.41) is 21.5. The van der Waals surface area contributed by atoms with Gasteiger partial charge in [-0.1, -0.05) is 13.8 Å². The molecule has 0 aromatic rings. The predicted molar refractivity (Wildman–Crippen MR) is 69.2 cm³/mol. The molecule has 0 rings (SSSR count). The molecule has 5 heteroatoms. The normalized spacial score (nSPS) is 14.1. The first kappa shape index (κ1) is 16.9. The molecule has 3 N–H and O–H groups in total. The van der Waals surface area contributed by atoms with Crippen LogP contribution in [-0.2, 0) is 9.59 Å². The molecule has 1 amide bonds. The van der Waals surface area contributed by atoms with Crippen molar-refractivity contribution in [3.8, 4) is 0 Å². The molecule has 18 heavy (non-hydrogen) atoms. The zero-order chi connectivity index (χ0) is 14.6. The molecule has 0 saturated heterocycles. The number of hydrogen-bond acceptors (Lipinski definition) is 3. The number of amides is 1. The number of aliphatic hydroxyl groups excluding tert-OH is 1. The Hall–Kier alpha value is -1.10. The Kier molecular flexibility index (Phi) is 5.80. The molecule has 0 spiro atoms. The van der Waals surface area contributed by atoms with Gasteiger partial charge < -0.3 is 15.5 Å². The van der Waals surface area contributed by atoms with Crippen LogP contribution in [0, 0.1) is 5.41 Å². The molecule has 0 aliphatic rings. The van der Waals surface area contributed by atoms with E-state index >= 15 is 0 Å². The first-order valence-corrected chi connectivity index (χ1v) is 6.33. The number of hydrogen-bond donors (Lipinski definition) is 3. The quantitative estimate of drug-likeness (QED) is 0.647. The lowest BCUT2D eigenvalue weighted by Crippen LogP contribution is -2.52. The van der Waals surface area contributed by atoms with E-state index in [2.05, 4.69) is 5.32 Å². The maximum absolute atomic E-state index is 11.9. The lowest BCUT2D eigenvalue weighted by Gasteiger charge is -2.32. The Balaban J connectivity index is 4.79. The summed E-state index contributed by atoms with van der Waals surface area (Å²) in [5.41, 5.74) is -1.78. The van der Waals surface area contributed by atoms with E-state index in [1.807, 2.05) is 0 Å². The second-order valence-corrected chi connectivity index (χ2v) is 5.42. The third-order valence-corrected chi connectivity index (χ3v) is 3.81. The third kappa shape index (κ3) is 3.98. The van der Waals surface area contributed by atoms with Crippen LogP contribution < -0.4 is 5.32 Å². The average molecular weight is 259 g/mol. The van der Waals surface area contributed by atoms with Crippen molar-refractivity contribution in [1.29, 1.82) is 0 Å². The largest absolute Gasteiger partial charge is 0.481 e. The molecule has 0 aromatic heterocycles. The minimum absolute atomic E-state index is 0.0640. The summed E-state index contributed by atoms with van der Waals surface area (Å²) in [7, 11) is 0. The Labute approximate surface area is 109 Å². The average Bonchev–Trinajstić information content (AvgIpc) is 2.24. The summed E-state index contributed by atoms with van der Waals surface area (Å²) in [5.74, 6) is -1.29. The van der Waals surface area contributed by atoms with Gasteiger partial charge >= 0.3 is 5.97 Å². The van der Waals surface area contributed by atoms with E-state index < -0.39 is 23.0 Å². The molecule has 5 nitrogen and oxygen atoms in total. The number of carbonyl (C=O) groups excluding carboxylic acids is 1. The van der Waals surface area contributed by atoms with Crippen LogP contribution in [0.1, 0.15) is 53.9 Å². The fourth-order valence-electron chi connectivity index (χ4n) is 1.69. The Morgan fingerprint density at radius 2 is 1.67 bits per heavy atom. The van der Waals surface area contributed by atoms with Crippen molar-refractivity contribution in [3.63, 3.8) is 0 Å². The van der Waals surface area contributed by atoms with Gasteiger partial charge in [0.15, 0.2) is 0 Å². The zero-order valence-corrected chi connectivity index (χ0v) is 11.9. The summed E-state index contributed by atoms with van der Waals surface area (Å²) < 4.78 is 0. The van der Waals surface area contributed by atoms with Gasteiger partial charge in [-0.25, -0.2) is 0 Å². The minimum atomic E-state index is -1.02. The maximum Gasteiger partial charge on any atom is 0.310 e. The van der Waals surface area contributed by atoms with E-state index in [1.54, 1.807) is 34.6 Å². The van der Waals surface area contributed by atoms with Crippen molar-refractivity contribution in [3.05, 3.63) is 0 Å². The van der Waals surface area contributed by atoms with Crippen LogP contribution in [-0.4, -0.2) is 33.7 Å². The van der Waals surface area contributed by atoms with Crippen LogP contribution in [0.2, 0.25) is 0 Å². The molecule has 0 aliphatic heterocycles. The summed E-state index contributed by atoms with van der Waals surface area (Å²) in [4.78, 5) is 23.2. The standard InChI is InChI=1S/C13H25NO4/c1-6-13(7-2,11(17)18)8-10(16)14-12(4,5)9(3)15/h9,15H,6-8H2,1-5H3,(H,14,16)(H,17,18). The van der Waals surface area contributed by atoms with Crippen molar-refractivity contribution < 1.29 is 19.8 Å². The van der Waals surface area contributed by atoms with E-state index in [1.165, 1.54) is 0 Å². The predicted octanol–water partition coefficient (Wildman–Crippen LogP) is 1.54. The topological polar surface area (TPSA) is 86.6 Å². The lowest BCUT2D eigenvalue weighted by atomic mass is 9.79. The minimum Gasteiger partial charge on any atom is -0.481 e. The van der Waals surface area contributed by atoms with Crippen LogP contribution in [0.25, 0.3) is 0 Å². The Morgan fingerprint density at radius 3 is 1.94 bits per heavy atom. The van der Waals surface area contributed by atoms with Gasteiger partial charge in [-0.15, -0.1) is 0 Å². The first-order valence-electron chi connectivity index (χ1n) is 6.33. The molecule has 0 fully saturated rings. The molecular weight excluding hydrogens is 234 g/mol. The molecule has 0 bridgehead atoms. The fourth-order valence-corrected chi connectivity index (χ4v) is 1.69. The molecule has 0 radical (unpaired) electrons. The van der Waals surface area contributed by atoms with Gasteiger partial charge in [0.2, 0.25) is 5.91 Å². The molecule has 0 aromatic carbocycles. The number of carboxylic acids is 1. The number of aliphatic hydroxyl groups is 1. The number of carboxylic acid groups (broad SMARTS) is 1. The van der Waals surface area contributed by atoms with Crippen LogP contribution in [0.15, 0.2) is 0 Å². The highest BCUT2D eigenvalue weighted by atomic mass is 16.4. The van der Waals surface area contributed by atoms with Gasteiger partial charge in [-0.2, -0.15) is 0 Å². The highest BCUT2D eigenvalue weighted by Gasteiger charge is 2.38. The smallest absolute Gasteiger partial charge is 0.310 e. The van der Waals surface area contributed by atoms with E-state index in [0.29, 0.717) is 12.8 Å².